The SMILES string of the molecule is Fc1ccc(CC(c2ccccn2)c2ccccn2)c(-c2cnn(Cc3ccccc3)c2)c1. The first kappa shape index (κ1) is 20.8. The zero-order valence-corrected chi connectivity index (χ0v) is 18.1. The average Bonchev–Trinajstić information content (AvgIpc) is 3.33. The van der Waals surface area contributed by atoms with Crippen molar-refractivity contribution in [1.82, 2.24) is 19.7 Å². The molecule has 0 amide bonds. The van der Waals surface area contributed by atoms with E-state index in [1.165, 1.54) is 6.07 Å². The Hall–Kier alpha value is -4.12. The summed E-state index contributed by atoms with van der Waals surface area (Å²) in [4.78, 5) is 9.18. The van der Waals surface area contributed by atoms with Crippen LogP contribution >= 0.6 is 0 Å². The van der Waals surface area contributed by atoms with Gasteiger partial charge in [0, 0.05) is 41.5 Å². The standard InChI is InChI=1S/C28H23FN4/c29-24-13-12-22(16-26(27-10-4-6-14-30-27)28-11-5-7-15-31-28)25(17-24)23-18-32-33(20-23)19-21-8-2-1-3-9-21/h1-15,17-18,20,26H,16,19H2. The van der Waals surface area contributed by atoms with Crippen molar-refractivity contribution in [3.63, 3.8) is 0 Å². The highest BCUT2D eigenvalue weighted by atomic mass is 19.1. The van der Waals surface area contributed by atoms with Gasteiger partial charge in [-0.2, -0.15) is 5.10 Å². The first-order valence-electron chi connectivity index (χ1n) is 10.9. The Morgan fingerprint density at radius 3 is 2.15 bits per heavy atom. The molecule has 0 aliphatic rings. The summed E-state index contributed by atoms with van der Waals surface area (Å²) in [7, 11) is 0. The van der Waals surface area contributed by atoms with Crippen molar-refractivity contribution in [3.05, 3.63) is 138 Å². The zero-order valence-electron chi connectivity index (χ0n) is 18.1. The van der Waals surface area contributed by atoms with Crippen molar-refractivity contribution in [2.45, 2.75) is 18.9 Å². The fraction of sp³-hybridized carbons (Fsp3) is 0.107. The maximum Gasteiger partial charge on any atom is 0.123 e. The highest BCUT2D eigenvalue weighted by Crippen LogP contribution is 2.32. The van der Waals surface area contributed by atoms with Crippen LogP contribution in [0, 0.1) is 5.82 Å². The van der Waals surface area contributed by atoms with Crippen LogP contribution in [-0.2, 0) is 13.0 Å². The minimum Gasteiger partial charge on any atom is -0.268 e. The highest BCUT2D eigenvalue weighted by Gasteiger charge is 2.20. The fourth-order valence-electron chi connectivity index (χ4n) is 4.10. The second kappa shape index (κ2) is 9.57. The van der Waals surface area contributed by atoms with Crippen LogP contribution in [0.2, 0.25) is 0 Å². The van der Waals surface area contributed by atoms with Gasteiger partial charge in [0.15, 0.2) is 0 Å². The monoisotopic (exact) mass is 434 g/mol. The van der Waals surface area contributed by atoms with Gasteiger partial charge in [-0.3, -0.25) is 14.6 Å². The zero-order chi connectivity index (χ0) is 22.5. The van der Waals surface area contributed by atoms with Crippen molar-refractivity contribution < 1.29 is 4.39 Å². The van der Waals surface area contributed by atoms with Crippen LogP contribution in [0.25, 0.3) is 11.1 Å². The van der Waals surface area contributed by atoms with E-state index in [2.05, 4.69) is 27.2 Å². The van der Waals surface area contributed by atoms with Gasteiger partial charge in [-0.05, 0) is 59.5 Å². The topological polar surface area (TPSA) is 43.6 Å². The van der Waals surface area contributed by atoms with Crippen molar-refractivity contribution >= 4 is 0 Å². The van der Waals surface area contributed by atoms with E-state index in [9.17, 15) is 4.39 Å². The smallest absolute Gasteiger partial charge is 0.123 e. The lowest BCUT2D eigenvalue weighted by atomic mass is 9.88. The molecule has 33 heavy (non-hydrogen) atoms. The van der Waals surface area contributed by atoms with E-state index in [0.29, 0.717) is 13.0 Å². The van der Waals surface area contributed by atoms with E-state index < -0.39 is 0 Å². The molecule has 0 atom stereocenters. The highest BCUT2D eigenvalue weighted by molar-refractivity contribution is 5.66. The molecule has 0 bridgehead atoms. The van der Waals surface area contributed by atoms with Gasteiger partial charge in [-0.1, -0.05) is 48.5 Å². The maximum atomic E-state index is 14.3. The predicted molar refractivity (Wildman–Crippen MR) is 127 cm³/mol. The van der Waals surface area contributed by atoms with Crippen LogP contribution in [0.5, 0.6) is 0 Å². The van der Waals surface area contributed by atoms with Gasteiger partial charge in [0.2, 0.25) is 0 Å². The van der Waals surface area contributed by atoms with E-state index in [4.69, 9.17) is 0 Å². The van der Waals surface area contributed by atoms with Gasteiger partial charge in [0.05, 0.1) is 12.7 Å². The molecule has 5 heteroatoms. The van der Waals surface area contributed by atoms with E-state index in [-0.39, 0.29) is 11.7 Å². The lowest BCUT2D eigenvalue weighted by Gasteiger charge is -2.18. The molecule has 162 valence electrons. The van der Waals surface area contributed by atoms with Gasteiger partial charge >= 0.3 is 0 Å². The fourth-order valence-corrected chi connectivity index (χ4v) is 4.10. The lowest BCUT2D eigenvalue weighted by Crippen LogP contribution is -2.09. The third kappa shape index (κ3) is 4.88. The van der Waals surface area contributed by atoms with Gasteiger partial charge in [0.25, 0.3) is 0 Å². The minimum absolute atomic E-state index is 0.0454. The van der Waals surface area contributed by atoms with Gasteiger partial charge in [-0.25, -0.2) is 4.39 Å². The van der Waals surface area contributed by atoms with E-state index in [1.54, 1.807) is 24.7 Å². The molecular formula is C28H23FN4. The van der Waals surface area contributed by atoms with Gasteiger partial charge in [0.1, 0.15) is 5.82 Å². The summed E-state index contributed by atoms with van der Waals surface area (Å²) in [6.07, 6.45) is 8.02. The Bertz CT molecular complexity index is 1280. The number of pyridine rings is 2. The second-order valence-electron chi connectivity index (χ2n) is 7.98. The molecule has 0 unspecified atom stereocenters. The molecule has 3 aromatic heterocycles. The molecule has 0 saturated carbocycles. The number of hydrogen-bond acceptors (Lipinski definition) is 3. The molecule has 0 aliphatic carbocycles. The molecule has 0 spiro atoms. The molecule has 3 heterocycles. The number of aromatic nitrogens is 4. The van der Waals surface area contributed by atoms with Gasteiger partial charge < -0.3 is 0 Å². The Labute approximate surface area is 192 Å². The Balaban J connectivity index is 1.50. The quantitative estimate of drug-likeness (QED) is 0.320. The molecule has 5 rings (SSSR count). The maximum absolute atomic E-state index is 14.3. The van der Waals surface area contributed by atoms with Crippen LogP contribution in [0.4, 0.5) is 4.39 Å². The van der Waals surface area contributed by atoms with Gasteiger partial charge in [-0.15, -0.1) is 0 Å². The molecule has 0 fully saturated rings. The summed E-state index contributed by atoms with van der Waals surface area (Å²) < 4.78 is 16.2. The summed E-state index contributed by atoms with van der Waals surface area (Å²) in [5, 5.41) is 4.52. The predicted octanol–water partition coefficient (Wildman–Crippen LogP) is 5.90. The van der Waals surface area contributed by atoms with E-state index in [0.717, 1.165) is 33.6 Å². The minimum atomic E-state index is -0.267. The number of hydrogen-bond donors (Lipinski definition) is 0. The first-order valence-corrected chi connectivity index (χ1v) is 10.9. The Morgan fingerprint density at radius 1 is 0.788 bits per heavy atom. The average molecular weight is 435 g/mol. The molecule has 0 saturated heterocycles. The summed E-state index contributed by atoms with van der Waals surface area (Å²) >= 11 is 0. The summed E-state index contributed by atoms with van der Waals surface area (Å²) in [6, 6.07) is 26.9. The normalized spacial score (nSPS) is 11.1. The summed E-state index contributed by atoms with van der Waals surface area (Å²) in [5.74, 6) is -0.312. The third-order valence-corrected chi connectivity index (χ3v) is 5.72. The molecule has 0 aliphatic heterocycles. The van der Waals surface area contributed by atoms with Crippen molar-refractivity contribution in [2.75, 3.05) is 0 Å². The van der Waals surface area contributed by atoms with Crippen LogP contribution in [0.3, 0.4) is 0 Å². The Morgan fingerprint density at radius 2 is 1.48 bits per heavy atom. The van der Waals surface area contributed by atoms with E-state index >= 15 is 0 Å². The summed E-state index contributed by atoms with van der Waals surface area (Å²) in [6.45, 7) is 0.663. The first-order chi connectivity index (χ1) is 16.3. The molecule has 4 nitrogen and oxygen atoms in total. The number of benzene rings is 2. The van der Waals surface area contributed by atoms with Crippen LogP contribution in [0.1, 0.15) is 28.4 Å². The largest absolute Gasteiger partial charge is 0.268 e. The molecular weight excluding hydrogens is 411 g/mol. The van der Waals surface area contributed by atoms with Crippen LogP contribution < -0.4 is 0 Å². The van der Waals surface area contributed by atoms with E-state index in [1.807, 2.05) is 71.5 Å². The van der Waals surface area contributed by atoms with Crippen molar-refractivity contribution in [1.29, 1.82) is 0 Å². The molecule has 5 aromatic rings. The third-order valence-electron chi connectivity index (χ3n) is 5.72. The van der Waals surface area contributed by atoms with Crippen LogP contribution in [0.15, 0.2) is 110 Å². The molecule has 0 N–H and O–H groups in total. The van der Waals surface area contributed by atoms with Crippen molar-refractivity contribution in [3.8, 4) is 11.1 Å². The summed E-state index contributed by atoms with van der Waals surface area (Å²) in [5.41, 5.74) is 5.79. The van der Waals surface area contributed by atoms with Crippen molar-refractivity contribution in [2.24, 2.45) is 0 Å². The van der Waals surface area contributed by atoms with Crippen LogP contribution in [-0.4, -0.2) is 19.7 Å². The second-order valence-corrected chi connectivity index (χ2v) is 7.98. The molecule has 2 aromatic carbocycles. The lowest BCUT2D eigenvalue weighted by molar-refractivity contribution is 0.626. The number of nitrogens with zero attached hydrogens (tertiary/aromatic N) is 4. The number of halogens is 1. The molecule has 0 radical (unpaired) electrons. The number of rotatable bonds is 7. The Kier molecular flexibility index (Phi) is 6.02.